The number of amides is 1. The number of ether oxygens (including phenoxy) is 1. The molecule has 0 atom stereocenters. The number of halogens is 1. The van der Waals surface area contributed by atoms with Crippen molar-refractivity contribution in [2.24, 2.45) is 0 Å². The SMILES string of the molecule is COc1ccc2c(c1)CCc1c(C(=O)Nc3cccnc3Cl)noc1-2. The van der Waals surface area contributed by atoms with Crippen LogP contribution in [0.15, 0.2) is 41.1 Å². The van der Waals surface area contributed by atoms with Crippen LogP contribution in [0.25, 0.3) is 11.3 Å². The molecule has 7 heteroatoms. The van der Waals surface area contributed by atoms with Crippen LogP contribution in [0.4, 0.5) is 5.69 Å². The molecule has 0 spiro atoms. The van der Waals surface area contributed by atoms with Gasteiger partial charge in [0.2, 0.25) is 0 Å². The Morgan fingerprint density at radius 3 is 3.00 bits per heavy atom. The lowest BCUT2D eigenvalue weighted by Crippen LogP contribution is -2.16. The summed E-state index contributed by atoms with van der Waals surface area (Å²) in [5.74, 6) is 1.06. The molecule has 126 valence electrons. The molecule has 1 N–H and O–H groups in total. The van der Waals surface area contributed by atoms with Crippen molar-refractivity contribution in [2.75, 3.05) is 12.4 Å². The van der Waals surface area contributed by atoms with Gasteiger partial charge in [0.05, 0.1) is 12.8 Å². The van der Waals surface area contributed by atoms with E-state index in [9.17, 15) is 4.79 Å². The van der Waals surface area contributed by atoms with E-state index >= 15 is 0 Å². The van der Waals surface area contributed by atoms with E-state index in [4.69, 9.17) is 20.9 Å². The summed E-state index contributed by atoms with van der Waals surface area (Å²) in [5.41, 5.74) is 3.57. The maximum absolute atomic E-state index is 12.6. The van der Waals surface area contributed by atoms with Gasteiger partial charge < -0.3 is 14.6 Å². The Hall–Kier alpha value is -2.86. The number of carbonyl (C=O) groups excluding carboxylic acids is 1. The number of rotatable bonds is 3. The van der Waals surface area contributed by atoms with Gasteiger partial charge in [-0.15, -0.1) is 0 Å². The predicted molar refractivity (Wildman–Crippen MR) is 93.1 cm³/mol. The molecule has 1 aliphatic rings. The van der Waals surface area contributed by atoms with E-state index in [-0.39, 0.29) is 16.8 Å². The number of benzene rings is 1. The number of aromatic nitrogens is 2. The summed E-state index contributed by atoms with van der Waals surface area (Å²) < 4.78 is 10.7. The zero-order valence-corrected chi connectivity index (χ0v) is 14.1. The van der Waals surface area contributed by atoms with Crippen LogP contribution >= 0.6 is 11.6 Å². The van der Waals surface area contributed by atoms with Crippen LogP contribution < -0.4 is 10.1 Å². The number of aryl methyl sites for hydroxylation is 1. The first kappa shape index (κ1) is 15.7. The smallest absolute Gasteiger partial charge is 0.278 e. The number of pyridine rings is 1. The molecule has 0 saturated heterocycles. The monoisotopic (exact) mass is 355 g/mol. The number of hydrogen-bond donors (Lipinski definition) is 1. The highest BCUT2D eigenvalue weighted by Crippen LogP contribution is 2.37. The fourth-order valence-corrected chi connectivity index (χ4v) is 3.14. The van der Waals surface area contributed by atoms with Crippen LogP contribution in [-0.4, -0.2) is 23.2 Å². The Morgan fingerprint density at radius 1 is 1.32 bits per heavy atom. The van der Waals surface area contributed by atoms with Crippen LogP contribution in [0.2, 0.25) is 5.15 Å². The second kappa shape index (κ2) is 6.22. The van der Waals surface area contributed by atoms with Crippen molar-refractivity contribution in [1.82, 2.24) is 10.1 Å². The van der Waals surface area contributed by atoms with E-state index in [0.717, 1.165) is 28.9 Å². The second-order valence-electron chi connectivity index (χ2n) is 5.66. The Balaban J connectivity index is 1.67. The highest BCUT2D eigenvalue weighted by Gasteiger charge is 2.28. The van der Waals surface area contributed by atoms with Gasteiger partial charge in [-0.2, -0.15) is 0 Å². The quantitative estimate of drug-likeness (QED) is 0.724. The summed E-state index contributed by atoms with van der Waals surface area (Å²) in [5, 5.41) is 6.94. The molecule has 2 heterocycles. The second-order valence-corrected chi connectivity index (χ2v) is 6.02. The van der Waals surface area contributed by atoms with Gasteiger partial charge in [-0.1, -0.05) is 16.8 Å². The summed E-state index contributed by atoms with van der Waals surface area (Å²) in [6.07, 6.45) is 3.01. The van der Waals surface area contributed by atoms with Crippen molar-refractivity contribution >= 4 is 23.2 Å². The summed E-state index contributed by atoms with van der Waals surface area (Å²) in [4.78, 5) is 16.5. The molecule has 2 aromatic heterocycles. The summed E-state index contributed by atoms with van der Waals surface area (Å²) in [7, 11) is 1.64. The number of methoxy groups -OCH3 is 1. The van der Waals surface area contributed by atoms with E-state index in [2.05, 4.69) is 15.5 Å². The lowest BCUT2D eigenvalue weighted by atomic mass is 9.89. The number of fused-ring (bicyclic) bond motifs is 3. The molecule has 4 rings (SSSR count). The van der Waals surface area contributed by atoms with E-state index < -0.39 is 0 Å². The molecule has 3 aromatic rings. The van der Waals surface area contributed by atoms with Crippen molar-refractivity contribution in [3.8, 4) is 17.1 Å². The molecule has 0 radical (unpaired) electrons. The van der Waals surface area contributed by atoms with Crippen molar-refractivity contribution < 1.29 is 14.1 Å². The summed E-state index contributed by atoms with van der Waals surface area (Å²) >= 11 is 5.99. The molecule has 1 aliphatic carbocycles. The van der Waals surface area contributed by atoms with E-state index in [0.29, 0.717) is 17.9 Å². The zero-order chi connectivity index (χ0) is 17.4. The van der Waals surface area contributed by atoms with Gasteiger partial charge in [-0.05, 0) is 48.7 Å². The molecule has 0 saturated carbocycles. The van der Waals surface area contributed by atoms with Crippen LogP contribution in [-0.2, 0) is 12.8 Å². The lowest BCUT2D eigenvalue weighted by molar-refractivity contribution is 0.101. The third-order valence-electron chi connectivity index (χ3n) is 4.21. The summed E-state index contributed by atoms with van der Waals surface area (Å²) in [6.45, 7) is 0. The first-order valence-corrected chi connectivity index (χ1v) is 8.13. The third kappa shape index (κ3) is 2.74. The molecule has 0 aliphatic heterocycles. The zero-order valence-electron chi connectivity index (χ0n) is 13.4. The number of hydrogen-bond acceptors (Lipinski definition) is 5. The normalized spacial score (nSPS) is 12.2. The number of nitrogens with zero attached hydrogens (tertiary/aromatic N) is 2. The maximum atomic E-state index is 12.6. The van der Waals surface area contributed by atoms with Gasteiger partial charge in [-0.3, -0.25) is 4.79 Å². The third-order valence-corrected chi connectivity index (χ3v) is 4.51. The molecule has 0 fully saturated rings. The maximum Gasteiger partial charge on any atom is 0.278 e. The number of anilines is 1. The highest BCUT2D eigenvalue weighted by atomic mass is 35.5. The van der Waals surface area contributed by atoms with Gasteiger partial charge >= 0.3 is 0 Å². The van der Waals surface area contributed by atoms with Crippen LogP contribution in [0, 0.1) is 0 Å². The fraction of sp³-hybridized carbons (Fsp3) is 0.167. The van der Waals surface area contributed by atoms with E-state index in [1.807, 2.05) is 18.2 Å². The molecular weight excluding hydrogens is 342 g/mol. The van der Waals surface area contributed by atoms with Gasteiger partial charge in [0.25, 0.3) is 5.91 Å². The average molecular weight is 356 g/mol. The first-order chi connectivity index (χ1) is 12.2. The molecule has 25 heavy (non-hydrogen) atoms. The van der Waals surface area contributed by atoms with Crippen LogP contribution in [0.1, 0.15) is 21.6 Å². The van der Waals surface area contributed by atoms with Crippen molar-refractivity contribution in [3.05, 3.63) is 58.5 Å². The Labute approximate surface area is 148 Å². The Bertz CT molecular complexity index is 968. The molecule has 6 nitrogen and oxygen atoms in total. The Morgan fingerprint density at radius 2 is 2.20 bits per heavy atom. The number of nitrogens with one attached hydrogen (secondary N) is 1. The Kier molecular flexibility index (Phi) is 3.89. The molecule has 0 unspecified atom stereocenters. The van der Waals surface area contributed by atoms with Gasteiger partial charge in [-0.25, -0.2) is 4.98 Å². The molecule has 0 bridgehead atoms. The highest BCUT2D eigenvalue weighted by molar-refractivity contribution is 6.32. The lowest BCUT2D eigenvalue weighted by Gasteiger charge is -2.15. The minimum Gasteiger partial charge on any atom is -0.497 e. The minimum absolute atomic E-state index is 0.227. The van der Waals surface area contributed by atoms with E-state index in [1.165, 1.54) is 0 Å². The average Bonchev–Trinajstić information content (AvgIpc) is 3.07. The van der Waals surface area contributed by atoms with Gasteiger partial charge in [0.1, 0.15) is 5.75 Å². The van der Waals surface area contributed by atoms with Gasteiger partial charge in [0.15, 0.2) is 16.6 Å². The van der Waals surface area contributed by atoms with Crippen molar-refractivity contribution in [3.63, 3.8) is 0 Å². The van der Waals surface area contributed by atoms with E-state index in [1.54, 1.807) is 25.4 Å². The molecular formula is C18H14ClN3O3. The van der Waals surface area contributed by atoms with Crippen molar-refractivity contribution in [1.29, 1.82) is 0 Å². The predicted octanol–water partition coefficient (Wildman–Crippen LogP) is 3.75. The van der Waals surface area contributed by atoms with Gasteiger partial charge in [0, 0.05) is 17.3 Å². The minimum atomic E-state index is -0.364. The molecule has 1 aromatic carbocycles. The van der Waals surface area contributed by atoms with Crippen LogP contribution in [0.5, 0.6) is 5.75 Å². The standard InChI is InChI=1S/C18H14ClN3O3/c1-24-11-5-7-12-10(9-11)4-6-13-15(22-25-16(12)13)18(23)21-14-3-2-8-20-17(14)19/h2-3,5,7-9H,4,6H2,1H3,(H,21,23). The topological polar surface area (TPSA) is 77.2 Å². The van der Waals surface area contributed by atoms with Crippen LogP contribution in [0.3, 0.4) is 0 Å². The van der Waals surface area contributed by atoms with Crippen molar-refractivity contribution in [2.45, 2.75) is 12.8 Å². The first-order valence-electron chi connectivity index (χ1n) is 7.75. The molecule has 1 amide bonds. The summed E-state index contributed by atoms with van der Waals surface area (Å²) in [6, 6.07) is 9.16. The fourth-order valence-electron chi connectivity index (χ4n) is 2.98. The largest absolute Gasteiger partial charge is 0.497 e. The number of carbonyl (C=O) groups is 1.